The predicted octanol–water partition coefficient (Wildman–Crippen LogP) is 0.581. The Hall–Kier alpha value is -3.18. The molecular weight excluding hydrogens is 430 g/mol. The Bertz CT molecular complexity index is 978. The van der Waals surface area contributed by atoms with Gasteiger partial charge in [-0.25, -0.2) is 0 Å². The third-order valence-corrected chi connectivity index (χ3v) is 5.62. The van der Waals surface area contributed by atoms with Crippen LogP contribution in [0.1, 0.15) is 12.1 Å². The Labute approximate surface area is 192 Å². The molecule has 1 aliphatic heterocycles. The summed E-state index contributed by atoms with van der Waals surface area (Å²) >= 11 is 0. The van der Waals surface area contributed by atoms with Crippen LogP contribution in [0.3, 0.4) is 0 Å². The highest BCUT2D eigenvalue weighted by atomic mass is 16.5. The van der Waals surface area contributed by atoms with Gasteiger partial charge in [0.2, 0.25) is 11.7 Å². The van der Waals surface area contributed by atoms with Gasteiger partial charge in [0.25, 0.3) is 5.56 Å². The number of amides is 1. The summed E-state index contributed by atoms with van der Waals surface area (Å²) in [5.74, 6) is 1.59. The average molecular weight is 462 g/mol. The first-order chi connectivity index (χ1) is 16.0. The van der Waals surface area contributed by atoms with Gasteiger partial charge < -0.3 is 28.8 Å². The second kappa shape index (κ2) is 11.6. The van der Waals surface area contributed by atoms with Crippen LogP contribution in [0.25, 0.3) is 11.4 Å². The number of hydrogen-bond donors (Lipinski definition) is 1. The number of carbonyl (C=O) groups excluding carboxylic acids is 1. The highest BCUT2D eigenvalue weighted by Gasteiger charge is 2.21. The first kappa shape index (κ1) is 24.5. The summed E-state index contributed by atoms with van der Waals surface area (Å²) in [6, 6.07) is 3.35. The number of aromatic amines is 1. The molecule has 1 aliphatic rings. The highest BCUT2D eigenvalue weighted by molar-refractivity contribution is 5.76. The van der Waals surface area contributed by atoms with Crippen molar-refractivity contribution < 1.29 is 23.7 Å². The molecule has 0 saturated carbocycles. The van der Waals surface area contributed by atoms with Crippen molar-refractivity contribution in [2.75, 3.05) is 67.8 Å². The Balaban J connectivity index is 1.64. The van der Waals surface area contributed by atoms with Crippen molar-refractivity contribution in [1.29, 1.82) is 0 Å². The molecule has 2 aromatic rings. The molecule has 180 valence electrons. The second-order valence-electron chi connectivity index (χ2n) is 7.58. The standard InChI is InChI=1S/C22H31N5O6/c1-30-12-11-26-7-9-27(10-8-26)19(28)6-5-16-22(29)23-21(25-24-16)15-13-17(31-2)20(33-4)18(14-15)32-3/h13-14H,5-12H2,1-4H3,(H,23,25,29). The summed E-state index contributed by atoms with van der Waals surface area (Å²) in [5.41, 5.74) is 0.396. The predicted molar refractivity (Wildman–Crippen MR) is 121 cm³/mol. The lowest BCUT2D eigenvalue weighted by Crippen LogP contribution is -2.49. The molecule has 2 heterocycles. The van der Waals surface area contributed by atoms with E-state index in [1.54, 1.807) is 19.2 Å². The van der Waals surface area contributed by atoms with Crippen molar-refractivity contribution >= 4 is 5.91 Å². The normalized spacial score (nSPS) is 14.2. The SMILES string of the molecule is COCCN1CCN(C(=O)CCc2nnc(-c3cc(OC)c(OC)c(OC)c3)[nH]c2=O)CC1. The molecule has 1 aromatic heterocycles. The maximum absolute atomic E-state index is 12.6. The van der Waals surface area contributed by atoms with E-state index in [1.807, 2.05) is 4.90 Å². The molecule has 1 fully saturated rings. The van der Waals surface area contributed by atoms with E-state index >= 15 is 0 Å². The lowest BCUT2D eigenvalue weighted by Gasteiger charge is -2.34. The molecule has 1 amide bonds. The number of nitrogens with zero attached hydrogens (tertiary/aromatic N) is 4. The van der Waals surface area contributed by atoms with Crippen molar-refractivity contribution in [2.45, 2.75) is 12.8 Å². The van der Waals surface area contributed by atoms with Gasteiger partial charge in [-0.3, -0.25) is 14.5 Å². The number of benzene rings is 1. The number of aromatic nitrogens is 3. The lowest BCUT2D eigenvalue weighted by molar-refractivity contribution is -0.133. The number of methoxy groups -OCH3 is 4. The quantitative estimate of drug-likeness (QED) is 0.542. The smallest absolute Gasteiger partial charge is 0.273 e. The average Bonchev–Trinajstić information content (AvgIpc) is 2.85. The van der Waals surface area contributed by atoms with Crippen LogP contribution in [0.5, 0.6) is 17.2 Å². The van der Waals surface area contributed by atoms with E-state index in [0.717, 1.165) is 19.6 Å². The topological polar surface area (TPSA) is 119 Å². The lowest BCUT2D eigenvalue weighted by atomic mass is 10.1. The van der Waals surface area contributed by atoms with Gasteiger partial charge in [-0.2, -0.15) is 0 Å². The molecule has 0 unspecified atom stereocenters. The fraction of sp³-hybridized carbons (Fsp3) is 0.545. The number of nitrogens with one attached hydrogen (secondary N) is 1. The molecule has 1 aromatic carbocycles. The molecule has 0 radical (unpaired) electrons. The molecule has 0 atom stereocenters. The first-order valence-corrected chi connectivity index (χ1v) is 10.8. The molecule has 1 N–H and O–H groups in total. The van der Waals surface area contributed by atoms with Gasteiger partial charge in [-0.1, -0.05) is 0 Å². The number of carbonyl (C=O) groups is 1. The van der Waals surface area contributed by atoms with Crippen LogP contribution in [0.15, 0.2) is 16.9 Å². The van der Waals surface area contributed by atoms with Crippen molar-refractivity contribution in [1.82, 2.24) is 25.0 Å². The largest absolute Gasteiger partial charge is 0.493 e. The third-order valence-electron chi connectivity index (χ3n) is 5.62. The number of hydrogen-bond acceptors (Lipinski definition) is 9. The van der Waals surface area contributed by atoms with E-state index in [-0.39, 0.29) is 35.8 Å². The van der Waals surface area contributed by atoms with Gasteiger partial charge in [-0.05, 0) is 12.1 Å². The van der Waals surface area contributed by atoms with E-state index in [1.165, 1.54) is 21.3 Å². The number of piperazine rings is 1. The van der Waals surface area contributed by atoms with Crippen LogP contribution in [0, 0.1) is 0 Å². The molecule has 1 saturated heterocycles. The number of rotatable bonds is 10. The van der Waals surface area contributed by atoms with Gasteiger partial charge >= 0.3 is 0 Å². The molecule has 11 heteroatoms. The molecule has 11 nitrogen and oxygen atoms in total. The first-order valence-electron chi connectivity index (χ1n) is 10.8. The van der Waals surface area contributed by atoms with Crippen LogP contribution in [-0.2, 0) is 16.0 Å². The fourth-order valence-electron chi connectivity index (χ4n) is 3.70. The summed E-state index contributed by atoms with van der Waals surface area (Å²) in [6.07, 6.45) is 0.431. The zero-order chi connectivity index (χ0) is 23.8. The summed E-state index contributed by atoms with van der Waals surface area (Å²) < 4.78 is 21.1. The molecule has 0 spiro atoms. The second-order valence-corrected chi connectivity index (χ2v) is 7.58. The third kappa shape index (κ3) is 5.99. The maximum atomic E-state index is 12.6. The minimum atomic E-state index is -0.383. The van der Waals surface area contributed by atoms with Gasteiger partial charge in [0, 0.05) is 58.2 Å². The number of aryl methyl sites for hydroxylation is 1. The Morgan fingerprint density at radius 1 is 1.00 bits per heavy atom. The van der Waals surface area contributed by atoms with Gasteiger partial charge in [0.15, 0.2) is 17.3 Å². The molecule has 3 rings (SSSR count). The van der Waals surface area contributed by atoms with E-state index in [2.05, 4.69) is 20.1 Å². The summed E-state index contributed by atoms with van der Waals surface area (Å²) in [4.78, 5) is 32.0. The van der Waals surface area contributed by atoms with Crippen molar-refractivity contribution in [3.8, 4) is 28.6 Å². The summed E-state index contributed by atoms with van der Waals surface area (Å²) in [5, 5.41) is 8.22. The number of ether oxygens (including phenoxy) is 4. The van der Waals surface area contributed by atoms with Crippen molar-refractivity contribution in [3.05, 3.63) is 28.2 Å². The Kier molecular flexibility index (Phi) is 8.61. The van der Waals surface area contributed by atoms with Crippen LogP contribution < -0.4 is 19.8 Å². The highest BCUT2D eigenvalue weighted by Crippen LogP contribution is 2.40. The number of H-pyrrole nitrogens is 1. The molecule has 0 aliphatic carbocycles. The van der Waals surface area contributed by atoms with Crippen molar-refractivity contribution in [2.24, 2.45) is 0 Å². The van der Waals surface area contributed by atoms with Gasteiger partial charge in [0.05, 0.1) is 27.9 Å². The zero-order valence-corrected chi connectivity index (χ0v) is 19.5. The molecular formula is C22H31N5O6. The van der Waals surface area contributed by atoms with E-state index < -0.39 is 0 Å². The Morgan fingerprint density at radius 2 is 1.67 bits per heavy atom. The Morgan fingerprint density at radius 3 is 2.21 bits per heavy atom. The summed E-state index contributed by atoms with van der Waals surface area (Å²) in [6.45, 7) is 4.52. The molecule has 33 heavy (non-hydrogen) atoms. The minimum Gasteiger partial charge on any atom is -0.493 e. The van der Waals surface area contributed by atoms with Crippen molar-refractivity contribution in [3.63, 3.8) is 0 Å². The van der Waals surface area contributed by atoms with E-state index in [0.29, 0.717) is 42.5 Å². The van der Waals surface area contributed by atoms with Crippen LogP contribution in [-0.4, -0.2) is 98.7 Å². The fourth-order valence-corrected chi connectivity index (χ4v) is 3.70. The van der Waals surface area contributed by atoms with Crippen LogP contribution in [0.2, 0.25) is 0 Å². The molecule has 0 bridgehead atoms. The zero-order valence-electron chi connectivity index (χ0n) is 19.5. The van der Waals surface area contributed by atoms with Crippen LogP contribution in [0.4, 0.5) is 0 Å². The summed E-state index contributed by atoms with van der Waals surface area (Å²) in [7, 11) is 6.21. The van der Waals surface area contributed by atoms with Gasteiger partial charge in [0.1, 0.15) is 5.69 Å². The van der Waals surface area contributed by atoms with Gasteiger partial charge in [-0.15, -0.1) is 10.2 Å². The van der Waals surface area contributed by atoms with E-state index in [4.69, 9.17) is 18.9 Å². The van der Waals surface area contributed by atoms with Crippen LogP contribution >= 0.6 is 0 Å². The monoisotopic (exact) mass is 461 g/mol. The minimum absolute atomic E-state index is 0.0105. The maximum Gasteiger partial charge on any atom is 0.273 e. The van der Waals surface area contributed by atoms with E-state index in [9.17, 15) is 9.59 Å².